The molecule has 2 aliphatic heterocycles. The number of amides is 2. The summed E-state index contributed by atoms with van der Waals surface area (Å²) in [4.78, 5) is 36.7. The minimum Gasteiger partial charge on any atom is -0.379 e. The van der Waals surface area contributed by atoms with Crippen LogP contribution < -0.4 is 0 Å². The van der Waals surface area contributed by atoms with Crippen LogP contribution in [0, 0.1) is 0 Å². The lowest BCUT2D eigenvalue weighted by atomic mass is 10.2. The molecule has 8 heteroatoms. The molecule has 2 aromatic rings. The molecule has 142 valence electrons. The zero-order chi connectivity index (χ0) is 18.6. The van der Waals surface area contributed by atoms with Crippen LogP contribution in [0.1, 0.15) is 18.7 Å². The number of hydrogen-bond donors (Lipinski definition) is 0. The fraction of sp³-hybridized carbons (Fsp3) is 0.474. The van der Waals surface area contributed by atoms with Gasteiger partial charge in [-0.3, -0.25) is 19.4 Å². The third-order valence-electron chi connectivity index (χ3n) is 4.79. The van der Waals surface area contributed by atoms with Gasteiger partial charge in [0.05, 0.1) is 25.3 Å². The topological polar surface area (TPSA) is 75.6 Å². The lowest BCUT2D eigenvalue weighted by Gasteiger charge is -2.26. The summed E-state index contributed by atoms with van der Waals surface area (Å²) in [6, 6.07) is 7.97. The normalized spacial score (nSPS) is 18.6. The van der Waals surface area contributed by atoms with Gasteiger partial charge in [-0.1, -0.05) is 18.2 Å². The van der Waals surface area contributed by atoms with Crippen molar-refractivity contribution in [3.8, 4) is 0 Å². The maximum atomic E-state index is 11.8. The second-order valence-electron chi connectivity index (χ2n) is 6.64. The molecule has 0 atom stereocenters. The van der Waals surface area contributed by atoms with E-state index in [1.165, 1.54) is 4.90 Å². The number of hydrogen-bond acceptors (Lipinski definition) is 7. The van der Waals surface area contributed by atoms with Crippen LogP contribution in [0.5, 0.6) is 0 Å². The number of fused-ring (bicyclic) bond motifs is 1. The molecule has 0 N–H and O–H groups in total. The van der Waals surface area contributed by atoms with Crippen molar-refractivity contribution in [3.05, 3.63) is 30.1 Å². The van der Waals surface area contributed by atoms with E-state index in [0.717, 1.165) is 48.1 Å². The van der Waals surface area contributed by atoms with Crippen LogP contribution in [0.15, 0.2) is 29.3 Å². The number of benzene rings is 1. The molecule has 0 radical (unpaired) electrons. The first-order valence-electron chi connectivity index (χ1n) is 9.22. The zero-order valence-electron chi connectivity index (χ0n) is 15.1. The zero-order valence-corrected chi connectivity index (χ0v) is 15.9. The van der Waals surface area contributed by atoms with E-state index in [2.05, 4.69) is 4.90 Å². The quantitative estimate of drug-likeness (QED) is 0.425. The van der Waals surface area contributed by atoms with Crippen molar-refractivity contribution in [1.29, 1.82) is 0 Å². The SMILES string of the molecule is O=C1CCC(=O)N1CCSc1nc(CN2CCOCC2)nc2ccccc12. The third kappa shape index (κ3) is 4.28. The average molecular weight is 386 g/mol. The molecule has 27 heavy (non-hydrogen) atoms. The molecule has 2 fully saturated rings. The van der Waals surface area contributed by atoms with Crippen LogP contribution in [0.2, 0.25) is 0 Å². The maximum absolute atomic E-state index is 11.8. The van der Waals surface area contributed by atoms with Crippen LogP contribution in [-0.2, 0) is 20.9 Å². The first-order chi connectivity index (χ1) is 13.2. The second-order valence-corrected chi connectivity index (χ2v) is 7.72. The number of likely N-dealkylation sites (tertiary alicyclic amines) is 1. The van der Waals surface area contributed by atoms with Crippen molar-refractivity contribution in [2.75, 3.05) is 38.6 Å². The van der Waals surface area contributed by atoms with E-state index in [1.54, 1.807) is 11.8 Å². The van der Waals surface area contributed by atoms with Gasteiger partial charge in [0.2, 0.25) is 11.8 Å². The van der Waals surface area contributed by atoms with Crippen molar-refractivity contribution < 1.29 is 14.3 Å². The number of nitrogens with zero attached hydrogens (tertiary/aromatic N) is 4. The molecule has 2 saturated heterocycles. The molecule has 3 heterocycles. The highest BCUT2D eigenvalue weighted by molar-refractivity contribution is 7.99. The largest absolute Gasteiger partial charge is 0.379 e. The molecule has 0 saturated carbocycles. The van der Waals surface area contributed by atoms with Gasteiger partial charge in [0.25, 0.3) is 0 Å². The molecule has 7 nitrogen and oxygen atoms in total. The highest BCUT2D eigenvalue weighted by atomic mass is 32.2. The Morgan fingerprint density at radius 2 is 1.78 bits per heavy atom. The number of ether oxygens (including phenoxy) is 1. The van der Waals surface area contributed by atoms with Crippen molar-refractivity contribution in [2.45, 2.75) is 24.4 Å². The number of carbonyl (C=O) groups excluding carboxylic acids is 2. The predicted molar refractivity (Wildman–Crippen MR) is 102 cm³/mol. The van der Waals surface area contributed by atoms with Gasteiger partial charge in [-0.05, 0) is 6.07 Å². The minimum absolute atomic E-state index is 0.0684. The van der Waals surface area contributed by atoms with E-state index in [-0.39, 0.29) is 11.8 Å². The highest BCUT2D eigenvalue weighted by Gasteiger charge is 2.28. The van der Waals surface area contributed by atoms with Crippen molar-refractivity contribution in [2.24, 2.45) is 0 Å². The minimum atomic E-state index is -0.0684. The fourth-order valence-electron chi connectivity index (χ4n) is 3.34. The summed E-state index contributed by atoms with van der Waals surface area (Å²) < 4.78 is 5.40. The molecule has 0 aliphatic carbocycles. The number of para-hydroxylation sites is 1. The smallest absolute Gasteiger partial charge is 0.229 e. The first kappa shape index (κ1) is 18.3. The Bertz CT molecular complexity index is 838. The fourth-order valence-corrected chi connectivity index (χ4v) is 4.30. The molecule has 1 aromatic heterocycles. The number of aromatic nitrogens is 2. The maximum Gasteiger partial charge on any atom is 0.229 e. The van der Waals surface area contributed by atoms with E-state index in [1.807, 2.05) is 24.3 Å². The summed E-state index contributed by atoms with van der Waals surface area (Å²) in [5.74, 6) is 1.30. The van der Waals surface area contributed by atoms with Crippen molar-refractivity contribution in [1.82, 2.24) is 19.8 Å². The summed E-state index contributed by atoms with van der Waals surface area (Å²) >= 11 is 1.58. The van der Waals surface area contributed by atoms with Gasteiger partial charge in [0.15, 0.2) is 0 Å². The monoisotopic (exact) mass is 386 g/mol. The highest BCUT2D eigenvalue weighted by Crippen LogP contribution is 2.26. The first-order valence-corrected chi connectivity index (χ1v) is 10.2. The van der Waals surface area contributed by atoms with E-state index in [4.69, 9.17) is 14.7 Å². The molecule has 2 amide bonds. The predicted octanol–water partition coefficient (Wildman–Crippen LogP) is 1.70. The van der Waals surface area contributed by atoms with E-state index >= 15 is 0 Å². The number of thioether (sulfide) groups is 1. The van der Waals surface area contributed by atoms with Gasteiger partial charge in [0.1, 0.15) is 10.9 Å². The summed E-state index contributed by atoms with van der Waals surface area (Å²) in [5, 5.41) is 1.91. The summed E-state index contributed by atoms with van der Waals surface area (Å²) in [5.41, 5.74) is 0.923. The second kappa shape index (κ2) is 8.33. The lowest BCUT2D eigenvalue weighted by molar-refractivity contribution is -0.137. The van der Waals surface area contributed by atoms with Crippen LogP contribution in [0.4, 0.5) is 0 Å². The average Bonchev–Trinajstić information content (AvgIpc) is 3.01. The molecular weight excluding hydrogens is 364 g/mol. The Kier molecular flexibility index (Phi) is 5.66. The standard InChI is InChI=1S/C19H22N4O3S/c24-17-5-6-18(25)23(17)9-12-27-19-14-3-1-2-4-15(14)20-16(21-19)13-22-7-10-26-11-8-22/h1-4H,5-13H2. The number of rotatable bonds is 6. The molecule has 0 unspecified atom stereocenters. The Hall–Kier alpha value is -2.03. The van der Waals surface area contributed by atoms with Crippen LogP contribution >= 0.6 is 11.8 Å². The van der Waals surface area contributed by atoms with Gasteiger partial charge in [-0.15, -0.1) is 11.8 Å². The number of imide groups is 1. The van der Waals surface area contributed by atoms with E-state index in [0.29, 0.717) is 31.7 Å². The van der Waals surface area contributed by atoms with Crippen LogP contribution in [-0.4, -0.2) is 70.2 Å². The lowest BCUT2D eigenvalue weighted by Crippen LogP contribution is -2.36. The molecule has 0 bridgehead atoms. The van der Waals surface area contributed by atoms with Crippen molar-refractivity contribution in [3.63, 3.8) is 0 Å². The molecule has 1 aromatic carbocycles. The summed E-state index contributed by atoms with van der Waals surface area (Å²) in [7, 11) is 0. The molecule has 4 rings (SSSR count). The van der Waals surface area contributed by atoms with Crippen LogP contribution in [0.25, 0.3) is 10.9 Å². The summed E-state index contributed by atoms with van der Waals surface area (Å²) in [6.45, 7) is 4.39. The molecular formula is C19H22N4O3S. The van der Waals surface area contributed by atoms with Gasteiger partial charge >= 0.3 is 0 Å². The van der Waals surface area contributed by atoms with Gasteiger partial charge in [0, 0.05) is 43.6 Å². The molecule has 2 aliphatic rings. The number of morpholine rings is 1. The van der Waals surface area contributed by atoms with Crippen molar-refractivity contribution >= 4 is 34.5 Å². The number of carbonyl (C=O) groups is 2. The van der Waals surface area contributed by atoms with Gasteiger partial charge in [-0.25, -0.2) is 9.97 Å². The Labute approximate surface area is 162 Å². The Balaban J connectivity index is 1.49. The Morgan fingerprint density at radius 1 is 1.04 bits per heavy atom. The van der Waals surface area contributed by atoms with Gasteiger partial charge < -0.3 is 4.74 Å². The van der Waals surface area contributed by atoms with E-state index in [9.17, 15) is 9.59 Å². The summed E-state index contributed by atoms with van der Waals surface area (Å²) in [6.07, 6.45) is 0.674. The third-order valence-corrected chi connectivity index (χ3v) is 5.76. The van der Waals surface area contributed by atoms with E-state index < -0.39 is 0 Å². The van der Waals surface area contributed by atoms with Crippen LogP contribution in [0.3, 0.4) is 0 Å². The Morgan fingerprint density at radius 3 is 2.56 bits per heavy atom. The van der Waals surface area contributed by atoms with Gasteiger partial charge in [-0.2, -0.15) is 0 Å². The molecule has 0 spiro atoms.